The Hall–Kier alpha value is -2.32. The summed E-state index contributed by atoms with van der Waals surface area (Å²) in [4.78, 5) is 37.3. The Morgan fingerprint density at radius 3 is 2.50 bits per heavy atom. The molecule has 1 saturated heterocycles. The Balaban J connectivity index is 1.51. The standard InChI is InChI=1S/C16H17N3O4S/c20-13(18-16(24)17-8-10-4-3-7-23-10)9-19-14(21)11-5-1-2-6-12(11)15(19)22/h1-2,5-6,10H,3-4,7-9H2,(H2,17,18,20,24). The highest BCUT2D eigenvalue weighted by atomic mass is 32.1. The summed E-state index contributed by atoms with van der Waals surface area (Å²) < 4.78 is 5.45. The molecule has 24 heavy (non-hydrogen) atoms. The molecule has 2 aliphatic rings. The Labute approximate surface area is 144 Å². The molecular formula is C16H17N3O4S. The van der Waals surface area contributed by atoms with Crippen molar-refractivity contribution in [1.29, 1.82) is 0 Å². The summed E-state index contributed by atoms with van der Waals surface area (Å²) in [6.07, 6.45) is 2.07. The molecule has 1 unspecified atom stereocenters. The lowest BCUT2D eigenvalue weighted by molar-refractivity contribution is -0.120. The number of carbonyl (C=O) groups excluding carboxylic acids is 3. The summed E-state index contributed by atoms with van der Waals surface area (Å²) in [5.41, 5.74) is 0.628. The second kappa shape index (κ2) is 7.06. The number of carbonyl (C=O) groups is 3. The van der Waals surface area contributed by atoms with Crippen LogP contribution < -0.4 is 10.6 Å². The fourth-order valence-corrected chi connectivity index (χ4v) is 2.95. The van der Waals surface area contributed by atoms with Gasteiger partial charge in [-0.1, -0.05) is 12.1 Å². The summed E-state index contributed by atoms with van der Waals surface area (Å²) >= 11 is 5.05. The lowest BCUT2D eigenvalue weighted by atomic mass is 10.1. The molecule has 1 aromatic rings. The first-order valence-corrected chi connectivity index (χ1v) is 8.11. The molecule has 0 bridgehead atoms. The van der Waals surface area contributed by atoms with E-state index in [2.05, 4.69) is 10.6 Å². The highest BCUT2D eigenvalue weighted by molar-refractivity contribution is 7.80. The van der Waals surface area contributed by atoms with Gasteiger partial charge >= 0.3 is 0 Å². The molecule has 3 rings (SSSR count). The predicted octanol–water partition coefficient (Wildman–Crippen LogP) is 0.452. The van der Waals surface area contributed by atoms with Crippen LogP contribution in [0.1, 0.15) is 33.6 Å². The number of rotatable bonds is 4. The Kier molecular flexibility index (Phi) is 4.86. The quantitative estimate of drug-likeness (QED) is 0.607. The first-order chi connectivity index (χ1) is 11.6. The van der Waals surface area contributed by atoms with E-state index in [1.807, 2.05) is 0 Å². The fourth-order valence-electron chi connectivity index (χ4n) is 2.75. The van der Waals surface area contributed by atoms with Crippen molar-refractivity contribution in [2.75, 3.05) is 19.7 Å². The maximum atomic E-state index is 12.2. The average Bonchev–Trinajstić information content (AvgIpc) is 3.17. The van der Waals surface area contributed by atoms with Gasteiger partial charge in [0.15, 0.2) is 5.11 Å². The fraction of sp³-hybridized carbons (Fsp3) is 0.375. The van der Waals surface area contributed by atoms with Crippen molar-refractivity contribution < 1.29 is 19.1 Å². The summed E-state index contributed by atoms with van der Waals surface area (Å²) in [6, 6.07) is 6.50. The third-order valence-electron chi connectivity index (χ3n) is 3.95. The molecule has 0 aliphatic carbocycles. The maximum Gasteiger partial charge on any atom is 0.262 e. The van der Waals surface area contributed by atoms with E-state index in [0.29, 0.717) is 17.7 Å². The highest BCUT2D eigenvalue weighted by Crippen LogP contribution is 2.21. The molecule has 1 fully saturated rings. The van der Waals surface area contributed by atoms with Crippen molar-refractivity contribution in [2.24, 2.45) is 0 Å². The van der Waals surface area contributed by atoms with E-state index in [4.69, 9.17) is 17.0 Å². The molecule has 8 heteroatoms. The van der Waals surface area contributed by atoms with E-state index >= 15 is 0 Å². The van der Waals surface area contributed by atoms with Crippen molar-refractivity contribution in [3.63, 3.8) is 0 Å². The van der Waals surface area contributed by atoms with Crippen LogP contribution in [0.5, 0.6) is 0 Å². The van der Waals surface area contributed by atoms with Gasteiger partial charge < -0.3 is 15.4 Å². The first kappa shape index (κ1) is 16.5. The smallest absolute Gasteiger partial charge is 0.262 e. The van der Waals surface area contributed by atoms with Crippen LogP contribution in [0.25, 0.3) is 0 Å². The second-order valence-corrected chi connectivity index (χ2v) is 6.04. The van der Waals surface area contributed by atoms with E-state index in [9.17, 15) is 14.4 Å². The number of nitrogens with zero attached hydrogens (tertiary/aromatic N) is 1. The maximum absolute atomic E-state index is 12.2. The molecule has 7 nitrogen and oxygen atoms in total. The molecule has 0 radical (unpaired) electrons. The van der Waals surface area contributed by atoms with Crippen LogP contribution in [0.15, 0.2) is 24.3 Å². The average molecular weight is 347 g/mol. The molecule has 1 atom stereocenters. The van der Waals surface area contributed by atoms with Crippen molar-refractivity contribution in [1.82, 2.24) is 15.5 Å². The molecule has 2 heterocycles. The number of fused-ring (bicyclic) bond motifs is 1. The number of hydrogen-bond acceptors (Lipinski definition) is 5. The van der Waals surface area contributed by atoms with Crippen LogP contribution in [0, 0.1) is 0 Å². The van der Waals surface area contributed by atoms with E-state index in [0.717, 1.165) is 24.3 Å². The van der Waals surface area contributed by atoms with Gasteiger partial charge in [0.05, 0.1) is 17.2 Å². The minimum atomic E-state index is -0.519. The van der Waals surface area contributed by atoms with Crippen molar-refractivity contribution in [3.8, 4) is 0 Å². The molecule has 0 saturated carbocycles. The van der Waals surface area contributed by atoms with Gasteiger partial charge in [0.2, 0.25) is 5.91 Å². The molecule has 1 aromatic carbocycles. The van der Waals surface area contributed by atoms with Gasteiger partial charge in [-0.2, -0.15) is 0 Å². The zero-order chi connectivity index (χ0) is 17.1. The third kappa shape index (κ3) is 3.44. The Morgan fingerprint density at radius 1 is 1.25 bits per heavy atom. The summed E-state index contributed by atoms with van der Waals surface area (Å²) in [5, 5.41) is 5.54. The Morgan fingerprint density at radius 2 is 1.92 bits per heavy atom. The third-order valence-corrected chi connectivity index (χ3v) is 4.19. The van der Waals surface area contributed by atoms with E-state index < -0.39 is 17.7 Å². The number of hydrogen-bond donors (Lipinski definition) is 2. The molecule has 2 N–H and O–H groups in total. The van der Waals surface area contributed by atoms with Crippen LogP contribution in [-0.4, -0.2) is 53.5 Å². The SMILES string of the molecule is O=C(CN1C(=O)c2ccccc2C1=O)NC(=S)NCC1CCCO1. The van der Waals surface area contributed by atoms with Crippen molar-refractivity contribution in [3.05, 3.63) is 35.4 Å². The van der Waals surface area contributed by atoms with Crippen LogP contribution in [0.2, 0.25) is 0 Å². The predicted molar refractivity (Wildman–Crippen MR) is 89.5 cm³/mol. The van der Waals surface area contributed by atoms with Gasteiger partial charge in [-0.15, -0.1) is 0 Å². The number of nitrogens with one attached hydrogen (secondary N) is 2. The van der Waals surface area contributed by atoms with E-state index in [-0.39, 0.29) is 17.8 Å². The summed E-state index contributed by atoms with van der Waals surface area (Å²) in [6.45, 7) is 0.894. The number of amides is 3. The zero-order valence-electron chi connectivity index (χ0n) is 12.9. The summed E-state index contributed by atoms with van der Waals surface area (Å²) in [5.74, 6) is -1.46. The van der Waals surface area contributed by atoms with Gasteiger partial charge in [0.1, 0.15) is 6.54 Å². The van der Waals surface area contributed by atoms with Crippen LogP contribution >= 0.6 is 12.2 Å². The second-order valence-electron chi connectivity index (χ2n) is 5.64. The molecule has 0 aromatic heterocycles. The monoisotopic (exact) mass is 347 g/mol. The van der Waals surface area contributed by atoms with Gasteiger partial charge in [0.25, 0.3) is 11.8 Å². The van der Waals surface area contributed by atoms with Gasteiger partial charge in [0, 0.05) is 13.2 Å². The van der Waals surface area contributed by atoms with Crippen LogP contribution in [0.3, 0.4) is 0 Å². The van der Waals surface area contributed by atoms with Gasteiger partial charge in [-0.05, 0) is 37.2 Å². The molecule has 2 aliphatic heterocycles. The van der Waals surface area contributed by atoms with Crippen molar-refractivity contribution >= 4 is 35.1 Å². The number of imide groups is 1. The first-order valence-electron chi connectivity index (χ1n) is 7.71. The minimum Gasteiger partial charge on any atom is -0.376 e. The lowest BCUT2D eigenvalue weighted by Gasteiger charge is -2.16. The van der Waals surface area contributed by atoms with Crippen molar-refractivity contribution in [2.45, 2.75) is 18.9 Å². The highest BCUT2D eigenvalue weighted by Gasteiger charge is 2.36. The zero-order valence-corrected chi connectivity index (χ0v) is 13.7. The summed E-state index contributed by atoms with van der Waals surface area (Å²) in [7, 11) is 0. The number of benzene rings is 1. The normalized spacial score (nSPS) is 19.3. The number of thiocarbonyl (C=S) groups is 1. The molecule has 126 valence electrons. The molecule has 3 amide bonds. The number of ether oxygens (including phenoxy) is 1. The molecule has 0 spiro atoms. The van der Waals surface area contributed by atoms with Crippen LogP contribution in [0.4, 0.5) is 0 Å². The Bertz CT molecular complexity index is 665. The topological polar surface area (TPSA) is 87.7 Å². The van der Waals surface area contributed by atoms with Crippen LogP contribution in [-0.2, 0) is 9.53 Å². The van der Waals surface area contributed by atoms with E-state index in [1.165, 1.54) is 0 Å². The largest absolute Gasteiger partial charge is 0.376 e. The van der Waals surface area contributed by atoms with Gasteiger partial charge in [-0.3, -0.25) is 19.3 Å². The van der Waals surface area contributed by atoms with Gasteiger partial charge in [-0.25, -0.2) is 0 Å². The molecular weight excluding hydrogens is 330 g/mol. The lowest BCUT2D eigenvalue weighted by Crippen LogP contribution is -2.47. The van der Waals surface area contributed by atoms with E-state index in [1.54, 1.807) is 24.3 Å². The minimum absolute atomic E-state index is 0.0936.